The fourth-order valence-electron chi connectivity index (χ4n) is 2.95. The van der Waals surface area contributed by atoms with E-state index in [1.807, 2.05) is 24.4 Å². The molecular weight excluding hydrogens is 292 g/mol. The smallest absolute Gasteiger partial charge is 0.319 e. The molecule has 0 bridgehead atoms. The van der Waals surface area contributed by atoms with Crippen molar-refractivity contribution in [2.75, 3.05) is 16.8 Å². The lowest BCUT2D eigenvalue weighted by Gasteiger charge is -2.15. The van der Waals surface area contributed by atoms with Gasteiger partial charge in [-0.2, -0.15) is 0 Å². The predicted molar refractivity (Wildman–Crippen MR) is 88.3 cm³/mol. The number of amides is 2. The molecule has 0 saturated carbocycles. The number of carbonyl (C=O) groups excluding carboxylic acids is 1. The number of H-pyrrole nitrogens is 1. The number of nitrogens with zero attached hydrogens (tertiary/aromatic N) is 3. The number of aromatic nitrogens is 3. The summed E-state index contributed by atoms with van der Waals surface area (Å²) in [7, 11) is 0. The number of hydrogen-bond donors (Lipinski definition) is 3. The van der Waals surface area contributed by atoms with Gasteiger partial charge < -0.3 is 16.0 Å². The molecule has 3 aromatic rings. The van der Waals surface area contributed by atoms with Gasteiger partial charge in [0.15, 0.2) is 5.65 Å². The molecule has 23 heavy (non-hydrogen) atoms. The molecule has 0 unspecified atom stereocenters. The van der Waals surface area contributed by atoms with Crippen molar-refractivity contribution in [2.24, 2.45) is 5.73 Å². The summed E-state index contributed by atoms with van der Waals surface area (Å²) in [6.07, 6.45) is 6.09. The lowest BCUT2D eigenvalue weighted by Crippen LogP contribution is -2.33. The van der Waals surface area contributed by atoms with Gasteiger partial charge in [0.05, 0.1) is 5.69 Å². The minimum Gasteiger partial charge on any atom is -0.381 e. The molecule has 0 saturated heterocycles. The molecule has 0 aliphatic carbocycles. The zero-order valence-corrected chi connectivity index (χ0v) is 12.4. The Kier molecular flexibility index (Phi) is 3.11. The Labute approximate surface area is 132 Å². The van der Waals surface area contributed by atoms with Gasteiger partial charge >= 0.3 is 6.03 Å². The molecular formula is C16H16N6O. The highest BCUT2D eigenvalue weighted by molar-refractivity contribution is 5.93. The van der Waals surface area contributed by atoms with Crippen LogP contribution in [0.4, 0.5) is 16.2 Å². The second-order valence-corrected chi connectivity index (χ2v) is 5.50. The third-order valence-electron chi connectivity index (χ3n) is 4.12. The number of nitrogens with two attached hydrogens (primary N) is 1. The molecule has 7 heteroatoms. The Morgan fingerprint density at radius 2 is 2.22 bits per heavy atom. The minimum atomic E-state index is -0.409. The molecule has 0 atom stereocenters. The van der Waals surface area contributed by atoms with Crippen molar-refractivity contribution in [1.82, 2.24) is 15.0 Å². The number of anilines is 2. The minimum absolute atomic E-state index is 0.409. The molecule has 3 heterocycles. The number of fused-ring (bicyclic) bond motifs is 2. The number of primary amides is 1. The van der Waals surface area contributed by atoms with E-state index in [0.717, 1.165) is 40.1 Å². The Bertz CT molecular complexity index is 887. The summed E-state index contributed by atoms with van der Waals surface area (Å²) in [6.45, 7) is 1.26. The number of aromatic amines is 1. The number of nitrogens with one attached hydrogen (secondary N) is 2. The van der Waals surface area contributed by atoms with Crippen molar-refractivity contribution in [3.8, 4) is 0 Å². The average Bonchev–Trinajstić information content (AvgIpc) is 3.16. The van der Waals surface area contributed by atoms with E-state index in [4.69, 9.17) is 5.73 Å². The van der Waals surface area contributed by atoms with E-state index in [0.29, 0.717) is 13.1 Å². The first kappa shape index (κ1) is 13.6. The lowest BCUT2D eigenvalue weighted by atomic mass is 10.1. The maximum atomic E-state index is 11.5. The van der Waals surface area contributed by atoms with Crippen molar-refractivity contribution in [3.63, 3.8) is 0 Å². The van der Waals surface area contributed by atoms with Gasteiger partial charge in [0.25, 0.3) is 0 Å². The molecule has 7 nitrogen and oxygen atoms in total. The van der Waals surface area contributed by atoms with Crippen LogP contribution in [0.25, 0.3) is 11.2 Å². The third-order valence-corrected chi connectivity index (χ3v) is 4.12. The normalized spacial score (nSPS) is 13.3. The third kappa shape index (κ3) is 2.36. The van der Waals surface area contributed by atoms with E-state index < -0.39 is 6.03 Å². The van der Waals surface area contributed by atoms with Crippen LogP contribution in [-0.2, 0) is 13.0 Å². The largest absolute Gasteiger partial charge is 0.381 e. The van der Waals surface area contributed by atoms with Crippen LogP contribution in [0, 0.1) is 0 Å². The second-order valence-electron chi connectivity index (χ2n) is 5.50. The Hall–Kier alpha value is -3.09. The summed E-state index contributed by atoms with van der Waals surface area (Å²) in [5.74, 6) is 0. The number of hydrogen-bond acceptors (Lipinski definition) is 4. The van der Waals surface area contributed by atoms with Gasteiger partial charge in [-0.25, -0.2) is 9.78 Å². The van der Waals surface area contributed by atoms with E-state index in [1.54, 1.807) is 17.3 Å². The molecule has 1 aromatic carbocycles. The van der Waals surface area contributed by atoms with Gasteiger partial charge in [-0.1, -0.05) is 6.07 Å². The van der Waals surface area contributed by atoms with Crippen molar-refractivity contribution in [1.29, 1.82) is 0 Å². The standard InChI is InChI=1S/C16H16N6O/c17-16(23)22-6-3-10-1-2-12(7-13(10)22)20-8-11-9-21-15-14(11)18-4-5-19-15/h1-2,4-5,7,9,20H,3,6,8H2,(H2,17,23)(H,19,21). The topological polar surface area (TPSA) is 99.9 Å². The predicted octanol–water partition coefficient (Wildman–Crippen LogP) is 2.01. The molecule has 116 valence electrons. The molecule has 0 spiro atoms. The Morgan fingerprint density at radius 3 is 3.09 bits per heavy atom. The van der Waals surface area contributed by atoms with Gasteiger partial charge in [0.2, 0.25) is 0 Å². The molecule has 0 radical (unpaired) electrons. The average molecular weight is 308 g/mol. The Morgan fingerprint density at radius 1 is 1.35 bits per heavy atom. The van der Waals surface area contributed by atoms with E-state index in [1.165, 1.54) is 0 Å². The lowest BCUT2D eigenvalue weighted by molar-refractivity contribution is 0.254. The SMILES string of the molecule is NC(=O)N1CCc2ccc(NCc3c[nH]c4nccnc34)cc21. The van der Waals surface area contributed by atoms with Gasteiger partial charge in [-0.05, 0) is 24.1 Å². The zero-order chi connectivity index (χ0) is 15.8. The van der Waals surface area contributed by atoms with Crippen LogP contribution < -0.4 is 16.0 Å². The van der Waals surface area contributed by atoms with Gasteiger partial charge in [-0.15, -0.1) is 0 Å². The molecule has 2 amide bonds. The second kappa shape index (κ2) is 5.28. The first-order chi connectivity index (χ1) is 11.2. The summed E-state index contributed by atoms with van der Waals surface area (Å²) in [6, 6.07) is 5.61. The van der Waals surface area contributed by atoms with Crippen LogP contribution in [0.1, 0.15) is 11.1 Å². The quantitative estimate of drug-likeness (QED) is 0.689. The van der Waals surface area contributed by atoms with E-state index >= 15 is 0 Å². The number of rotatable bonds is 3. The van der Waals surface area contributed by atoms with Crippen LogP contribution >= 0.6 is 0 Å². The summed E-state index contributed by atoms with van der Waals surface area (Å²) >= 11 is 0. The van der Waals surface area contributed by atoms with Crippen molar-refractivity contribution in [3.05, 3.63) is 47.9 Å². The summed E-state index contributed by atoms with van der Waals surface area (Å²) in [4.78, 5) is 24.8. The highest BCUT2D eigenvalue weighted by Gasteiger charge is 2.22. The number of benzene rings is 1. The molecule has 4 rings (SSSR count). The number of carbonyl (C=O) groups is 1. The van der Waals surface area contributed by atoms with Gasteiger partial charge in [-0.3, -0.25) is 9.88 Å². The zero-order valence-electron chi connectivity index (χ0n) is 12.4. The maximum Gasteiger partial charge on any atom is 0.319 e. The van der Waals surface area contributed by atoms with Crippen LogP contribution in [0.2, 0.25) is 0 Å². The first-order valence-corrected chi connectivity index (χ1v) is 7.43. The summed E-state index contributed by atoms with van der Waals surface area (Å²) in [5.41, 5.74) is 11.1. The molecule has 2 aromatic heterocycles. The molecule has 4 N–H and O–H groups in total. The molecule has 1 aliphatic rings. The molecule has 0 fully saturated rings. The maximum absolute atomic E-state index is 11.5. The van der Waals surface area contributed by atoms with Crippen LogP contribution in [0.3, 0.4) is 0 Å². The van der Waals surface area contributed by atoms with Crippen molar-refractivity contribution < 1.29 is 4.79 Å². The van der Waals surface area contributed by atoms with Crippen molar-refractivity contribution in [2.45, 2.75) is 13.0 Å². The van der Waals surface area contributed by atoms with E-state index in [-0.39, 0.29) is 0 Å². The van der Waals surface area contributed by atoms with E-state index in [2.05, 4.69) is 20.3 Å². The monoisotopic (exact) mass is 308 g/mol. The van der Waals surface area contributed by atoms with Gasteiger partial charge in [0, 0.05) is 42.9 Å². The fourth-order valence-corrected chi connectivity index (χ4v) is 2.95. The Balaban J connectivity index is 1.56. The first-order valence-electron chi connectivity index (χ1n) is 7.43. The summed E-state index contributed by atoms with van der Waals surface area (Å²) < 4.78 is 0. The highest BCUT2D eigenvalue weighted by Crippen LogP contribution is 2.30. The van der Waals surface area contributed by atoms with Crippen LogP contribution in [-0.4, -0.2) is 27.5 Å². The van der Waals surface area contributed by atoms with E-state index in [9.17, 15) is 4.79 Å². The molecule has 1 aliphatic heterocycles. The fraction of sp³-hybridized carbons (Fsp3) is 0.188. The summed E-state index contributed by atoms with van der Waals surface area (Å²) in [5, 5.41) is 3.36. The van der Waals surface area contributed by atoms with Gasteiger partial charge in [0.1, 0.15) is 5.52 Å². The van der Waals surface area contributed by atoms with Crippen LogP contribution in [0.5, 0.6) is 0 Å². The van der Waals surface area contributed by atoms with Crippen molar-refractivity contribution >= 4 is 28.6 Å². The number of urea groups is 1. The highest BCUT2D eigenvalue weighted by atomic mass is 16.2. The van der Waals surface area contributed by atoms with Crippen LogP contribution in [0.15, 0.2) is 36.8 Å².